The normalized spacial score (nSPS) is 18.4. The first kappa shape index (κ1) is 15.9. The largest absolute Gasteiger partial charge is 0.295 e. The van der Waals surface area contributed by atoms with E-state index in [1.54, 1.807) is 11.9 Å². The number of hydrazone groups is 1. The summed E-state index contributed by atoms with van der Waals surface area (Å²) in [6.45, 7) is 10.1. The van der Waals surface area contributed by atoms with Gasteiger partial charge in [0.1, 0.15) is 0 Å². The third-order valence-electron chi connectivity index (χ3n) is 3.36. The maximum Gasteiger partial charge on any atom is 0.225 e. The first-order valence-corrected chi connectivity index (χ1v) is 8.31. The molecule has 2 rings (SSSR count). The van der Waals surface area contributed by atoms with Gasteiger partial charge in [0.25, 0.3) is 0 Å². The third kappa shape index (κ3) is 4.49. The Morgan fingerprint density at radius 3 is 2.62 bits per heavy atom. The zero-order valence-electron chi connectivity index (χ0n) is 13.3. The number of benzene rings is 1. The van der Waals surface area contributed by atoms with Crippen LogP contribution in [0, 0.1) is 19.8 Å². The zero-order valence-corrected chi connectivity index (χ0v) is 14.1. The van der Waals surface area contributed by atoms with Gasteiger partial charge in [-0.2, -0.15) is 5.10 Å². The molecular formula is C16H24N4S. The molecule has 0 fully saturated rings. The standard InChI is InChI=1S/C16H24N4S/c1-5-14-10-18-20(11-14)16(17-6-2)19-21-15-8-12(3)7-13(4)9-15/h7-10,14H,5-6,11H2,1-4H3,(H,17,19). The van der Waals surface area contributed by atoms with Gasteiger partial charge in [0.05, 0.1) is 6.54 Å². The van der Waals surface area contributed by atoms with Crippen LogP contribution in [-0.2, 0) is 0 Å². The highest BCUT2D eigenvalue weighted by Crippen LogP contribution is 2.20. The molecular weight excluding hydrogens is 280 g/mol. The second kappa shape index (κ2) is 7.50. The molecule has 5 heteroatoms. The fourth-order valence-electron chi connectivity index (χ4n) is 2.28. The highest BCUT2D eigenvalue weighted by Gasteiger charge is 2.20. The van der Waals surface area contributed by atoms with E-state index in [1.165, 1.54) is 16.0 Å². The Hall–Kier alpha value is -1.49. The fourth-order valence-corrected chi connectivity index (χ4v) is 3.15. The van der Waals surface area contributed by atoms with E-state index in [-0.39, 0.29) is 0 Å². The first-order chi connectivity index (χ1) is 10.1. The van der Waals surface area contributed by atoms with E-state index in [4.69, 9.17) is 0 Å². The van der Waals surface area contributed by atoms with Crippen LogP contribution in [0.1, 0.15) is 31.4 Å². The third-order valence-corrected chi connectivity index (χ3v) is 4.11. The summed E-state index contributed by atoms with van der Waals surface area (Å²) in [7, 11) is 0. The van der Waals surface area contributed by atoms with Crippen LogP contribution in [0.5, 0.6) is 0 Å². The summed E-state index contributed by atoms with van der Waals surface area (Å²) in [4.78, 5) is 5.73. The number of hydrogen-bond donors (Lipinski definition) is 1. The average molecular weight is 304 g/mol. The van der Waals surface area contributed by atoms with E-state index >= 15 is 0 Å². The summed E-state index contributed by atoms with van der Waals surface area (Å²) in [5.74, 6) is 1.37. The highest BCUT2D eigenvalue weighted by molar-refractivity contribution is 7.98. The molecule has 1 aromatic carbocycles. The van der Waals surface area contributed by atoms with E-state index in [0.29, 0.717) is 5.92 Å². The van der Waals surface area contributed by atoms with Crippen molar-refractivity contribution in [3.8, 4) is 0 Å². The molecule has 0 saturated carbocycles. The van der Waals surface area contributed by atoms with Crippen LogP contribution >= 0.6 is 11.9 Å². The Morgan fingerprint density at radius 2 is 2.05 bits per heavy atom. The van der Waals surface area contributed by atoms with Crippen LogP contribution in [0.15, 0.2) is 33.2 Å². The smallest absolute Gasteiger partial charge is 0.225 e. The predicted molar refractivity (Wildman–Crippen MR) is 91.9 cm³/mol. The van der Waals surface area contributed by atoms with Gasteiger partial charge in [0.2, 0.25) is 5.96 Å². The number of guanidine groups is 1. The molecule has 0 bridgehead atoms. The molecule has 0 aliphatic carbocycles. The van der Waals surface area contributed by atoms with Gasteiger partial charge in [-0.1, -0.05) is 13.0 Å². The van der Waals surface area contributed by atoms with Crippen molar-refractivity contribution < 1.29 is 0 Å². The predicted octanol–water partition coefficient (Wildman–Crippen LogP) is 3.60. The Labute approximate surface area is 131 Å². The molecule has 0 saturated heterocycles. The second-order valence-corrected chi connectivity index (χ2v) is 6.22. The fraction of sp³-hybridized carbons (Fsp3) is 0.500. The summed E-state index contributed by atoms with van der Waals surface area (Å²) in [6, 6.07) is 6.54. The van der Waals surface area contributed by atoms with E-state index in [9.17, 15) is 0 Å². The highest BCUT2D eigenvalue weighted by atomic mass is 32.2. The van der Waals surface area contributed by atoms with Crippen LogP contribution in [0.25, 0.3) is 0 Å². The monoisotopic (exact) mass is 304 g/mol. The molecule has 1 heterocycles. The van der Waals surface area contributed by atoms with Gasteiger partial charge in [0.15, 0.2) is 0 Å². The summed E-state index contributed by atoms with van der Waals surface area (Å²) < 4.78 is 3.36. The topological polar surface area (TPSA) is 40.0 Å². The summed E-state index contributed by atoms with van der Waals surface area (Å²) >= 11 is 1.60. The number of aliphatic imine (C=N–C) groups is 1. The van der Waals surface area contributed by atoms with Gasteiger partial charge in [-0.25, -0.2) is 5.01 Å². The van der Waals surface area contributed by atoms with Gasteiger partial charge in [-0.3, -0.25) is 9.71 Å². The lowest BCUT2D eigenvalue weighted by Crippen LogP contribution is -2.34. The van der Waals surface area contributed by atoms with Crippen molar-refractivity contribution in [2.75, 3.05) is 13.1 Å². The van der Waals surface area contributed by atoms with Crippen molar-refractivity contribution in [3.05, 3.63) is 29.3 Å². The molecule has 0 aromatic heterocycles. The molecule has 0 radical (unpaired) electrons. The molecule has 1 atom stereocenters. The summed E-state index contributed by atoms with van der Waals surface area (Å²) in [6.07, 6.45) is 3.14. The SMILES string of the molecule is CCN=C(NSc1cc(C)cc(C)c1)N1CC(CC)C=N1. The number of rotatable bonds is 4. The van der Waals surface area contributed by atoms with Crippen LogP contribution in [0.2, 0.25) is 0 Å². The quantitative estimate of drug-likeness (QED) is 0.525. The average Bonchev–Trinajstić information content (AvgIpc) is 2.91. The van der Waals surface area contributed by atoms with Crippen LogP contribution in [0.4, 0.5) is 0 Å². The van der Waals surface area contributed by atoms with Crippen molar-refractivity contribution >= 4 is 24.1 Å². The van der Waals surface area contributed by atoms with Crippen LogP contribution in [0.3, 0.4) is 0 Å². The minimum atomic E-state index is 0.528. The first-order valence-electron chi connectivity index (χ1n) is 7.49. The Morgan fingerprint density at radius 1 is 1.33 bits per heavy atom. The number of hydrogen-bond acceptors (Lipinski definition) is 3. The van der Waals surface area contributed by atoms with Crippen LogP contribution < -0.4 is 4.72 Å². The van der Waals surface area contributed by atoms with Gasteiger partial charge >= 0.3 is 0 Å². The molecule has 1 unspecified atom stereocenters. The van der Waals surface area contributed by atoms with Crippen molar-refractivity contribution in [3.63, 3.8) is 0 Å². The number of aryl methyl sites for hydroxylation is 2. The molecule has 21 heavy (non-hydrogen) atoms. The molecule has 1 aliphatic heterocycles. The Balaban J connectivity index is 2.01. The van der Waals surface area contributed by atoms with Crippen molar-refractivity contribution in [1.29, 1.82) is 0 Å². The van der Waals surface area contributed by atoms with Gasteiger partial charge in [-0.15, -0.1) is 0 Å². The minimum absolute atomic E-state index is 0.528. The molecule has 4 nitrogen and oxygen atoms in total. The number of nitrogens with one attached hydrogen (secondary N) is 1. The van der Waals surface area contributed by atoms with Crippen molar-refractivity contribution in [2.45, 2.75) is 39.0 Å². The lowest BCUT2D eigenvalue weighted by molar-refractivity contribution is 0.431. The van der Waals surface area contributed by atoms with E-state index < -0.39 is 0 Å². The molecule has 1 aromatic rings. The maximum absolute atomic E-state index is 4.53. The molecule has 1 N–H and O–H groups in total. The van der Waals surface area contributed by atoms with E-state index in [2.05, 4.69) is 53.8 Å². The van der Waals surface area contributed by atoms with Gasteiger partial charge in [0, 0.05) is 23.6 Å². The van der Waals surface area contributed by atoms with E-state index in [1.807, 2.05) is 18.1 Å². The summed E-state index contributed by atoms with van der Waals surface area (Å²) in [5.41, 5.74) is 2.55. The molecule has 114 valence electrons. The lowest BCUT2D eigenvalue weighted by atomic mass is 10.1. The van der Waals surface area contributed by atoms with E-state index in [0.717, 1.165) is 25.5 Å². The Bertz CT molecular complexity index is 519. The number of nitrogens with zero attached hydrogens (tertiary/aromatic N) is 3. The van der Waals surface area contributed by atoms with Crippen molar-refractivity contribution in [1.82, 2.24) is 9.73 Å². The summed E-state index contributed by atoms with van der Waals surface area (Å²) in [5, 5.41) is 6.42. The minimum Gasteiger partial charge on any atom is -0.295 e. The zero-order chi connectivity index (χ0) is 15.2. The van der Waals surface area contributed by atoms with Crippen LogP contribution in [-0.4, -0.2) is 30.3 Å². The second-order valence-electron chi connectivity index (χ2n) is 5.34. The molecule has 0 amide bonds. The molecule has 0 spiro atoms. The Kier molecular flexibility index (Phi) is 5.67. The van der Waals surface area contributed by atoms with Crippen molar-refractivity contribution in [2.24, 2.45) is 16.0 Å². The lowest BCUT2D eigenvalue weighted by Gasteiger charge is -2.18. The van der Waals surface area contributed by atoms with Gasteiger partial charge < -0.3 is 0 Å². The molecule has 1 aliphatic rings. The van der Waals surface area contributed by atoms with Gasteiger partial charge in [-0.05, 0) is 62.4 Å². The maximum atomic E-state index is 4.53.